The van der Waals surface area contributed by atoms with Crippen LogP contribution >= 0.6 is 0 Å². The second-order valence-electron chi connectivity index (χ2n) is 4.16. The van der Waals surface area contributed by atoms with Gasteiger partial charge in [-0.25, -0.2) is 4.79 Å². The first-order valence-corrected chi connectivity index (χ1v) is 5.47. The molecule has 0 aliphatic carbocycles. The quantitative estimate of drug-likeness (QED) is 0.827. The van der Waals surface area contributed by atoms with Crippen LogP contribution in [0.3, 0.4) is 0 Å². The third-order valence-electron chi connectivity index (χ3n) is 3.16. The van der Waals surface area contributed by atoms with Crippen LogP contribution in [0.2, 0.25) is 0 Å². The van der Waals surface area contributed by atoms with Gasteiger partial charge in [0.2, 0.25) is 0 Å². The van der Waals surface area contributed by atoms with Gasteiger partial charge in [0.05, 0.1) is 11.0 Å². The number of aryl methyl sites for hydroxylation is 2. The number of nitrogens with zero attached hydrogens (tertiary/aromatic N) is 2. The van der Waals surface area contributed by atoms with Crippen molar-refractivity contribution < 1.29 is 0 Å². The van der Waals surface area contributed by atoms with Gasteiger partial charge in [0.15, 0.2) is 0 Å². The molecule has 0 saturated heterocycles. The minimum absolute atomic E-state index is 0.00257. The van der Waals surface area contributed by atoms with Crippen LogP contribution in [-0.4, -0.2) is 9.13 Å². The van der Waals surface area contributed by atoms with Crippen molar-refractivity contribution in [3.05, 3.63) is 34.2 Å². The SMILES string of the molecule is CCC(N)c1ccc2c(c1)n(C)c(=O)n2C. The molecular weight excluding hydrogens is 202 g/mol. The second-order valence-corrected chi connectivity index (χ2v) is 4.16. The van der Waals surface area contributed by atoms with Gasteiger partial charge in [0.25, 0.3) is 0 Å². The number of aromatic nitrogens is 2. The van der Waals surface area contributed by atoms with Crippen molar-refractivity contribution in [1.82, 2.24) is 9.13 Å². The Bertz CT molecular complexity index is 580. The fourth-order valence-electron chi connectivity index (χ4n) is 1.99. The van der Waals surface area contributed by atoms with Gasteiger partial charge in [-0.3, -0.25) is 9.13 Å². The van der Waals surface area contributed by atoms with E-state index in [4.69, 9.17) is 5.73 Å². The van der Waals surface area contributed by atoms with E-state index in [2.05, 4.69) is 6.92 Å². The maximum absolute atomic E-state index is 11.7. The molecule has 1 aromatic carbocycles. The van der Waals surface area contributed by atoms with E-state index in [1.54, 1.807) is 23.2 Å². The summed E-state index contributed by atoms with van der Waals surface area (Å²) in [5.74, 6) is 0. The molecule has 1 unspecified atom stereocenters. The van der Waals surface area contributed by atoms with Crippen molar-refractivity contribution in [2.75, 3.05) is 0 Å². The molecule has 2 rings (SSSR count). The molecule has 4 nitrogen and oxygen atoms in total. The van der Waals surface area contributed by atoms with E-state index >= 15 is 0 Å². The van der Waals surface area contributed by atoms with Crippen molar-refractivity contribution in [2.45, 2.75) is 19.4 Å². The average molecular weight is 219 g/mol. The lowest BCUT2D eigenvalue weighted by Crippen LogP contribution is -2.19. The molecule has 16 heavy (non-hydrogen) atoms. The summed E-state index contributed by atoms with van der Waals surface area (Å²) in [5.41, 5.74) is 8.95. The minimum Gasteiger partial charge on any atom is -0.324 e. The molecule has 1 atom stereocenters. The van der Waals surface area contributed by atoms with Crippen molar-refractivity contribution in [3.63, 3.8) is 0 Å². The van der Waals surface area contributed by atoms with E-state index in [0.29, 0.717) is 0 Å². The highest BCUT2D eigenvalue weighted by Crippen LogP contribution is 2.19. The van der Waals surface area contributed by atoms with Crippen LogP contribution < -0.4 is 11.4 Å². The summed E-state index contributed by atoms with van der Waals surface area (Å²) in [5, 5.41) is 0. The normalized spacial score (nSPS) is 13.2. The van der Waals surface area contributed by atoms with E-state index in [0.717, 1.165) is 23.0 Å². The van der Waals surface area contributed by atoms with Gasteiger partial charge in [-0.2, -0.15) is 0 Å². The highest BCUT2D eigenvalue weighted by molar-refractivity contribution is 5.77. The summed E-state index contributed by atoms with van der Waals surface area (Å²) in [6.07, 6.45) is 0.895. The highest BCUT2D eigenvalue weighted by Gasteiger charge is 2.10. The van der Waals surface area contributed by atoms with Crippen molar-refractivity contribution in [1.29, 1.82) is 0 Å². The van der Waals surface area contributed by atoms with E-state index in [1.807, 2.05) is 18.2 Å². The summed E-state index contributed by atoms with van der Waals surface area (Å²) in [4.78, 5) is 11.7. The first kappa shape index (κ1) is 11.0. The molecule has 0 aliphatic rings. The van der Waals surface area contributed by atoms with Gasteiger partial charge in [-0.05, 0) is 24.1 Å². The summed E-state index contributed by atoms with van der Waals surface area (Å²) >= 11 is 0. The van der Waals surface area contributed by atoms with E-state index in [-0.39, 0.29) is 11.7 Å². The molecule has 0 saturated carbocycles. The molecule has 1 aromatic heterocycles. The van der Waals surface area contributed by atoms with E-state index < -0.39 is 0 Å². The summed E-state index contributed by atoms with van der Waals surface area (Å²) < 4.78 is 3.30. The molecule has 0 radical (unpaired) electrons. The van der Waals surface area contributed by atoms with Crippen LogP contribution in [0.1, 0.15) is 24.9 Å². The Morgan fingerprint density at radius 2 is 1.88 bits per heavy atom. The first-order valence-electron chi connectivity index (χ1n) is 5.47. The third-order valence-corrected chi connectivity index (χ3v) is 3.16. The zero-order valence-corrected chi connectivity index (χ0v) is 9.90. The number of nitrogens with two attached hydrogens (primary N) is 1. The molecule has 0 aliphatic heterocycles. The number of benzene rings is 1. The first-order chi connectivity index (χ1) is 7.56. The number of hydrogen-bond acceptors (Lipinski definition) is 2. The standard InChI is InChI=1S/C12H17N3O/c1-4-9(13)8-5-6-10-11(7-8)15(3)12(16)14(10)2/h5-7,9H,4,13H2,1-3H3. The Kier molecular flexibility index (Phi) is 2.59. The Balaban J connectivity index is 2.71. The molecule has 0 spiro atoms. The summed E-state index contributed by atoms with van der Waals surface area (Å²) in [6, 6.07) is 6.00. The summed E-state index contributed by atoms with van der Waals surface area (Å²) in [7, 11) is 3.57. The minimum atomic E-state index is -0.00257. The molecule has 4 heteroatoms. The summed E-state index contributed by atoms with van der Waals surface area (Å²) in [6.45, 7) is 2.05. The predicted octanol–water partition coefficient (Wildman–Crippen LogP) is 1.29. The Morgan fingerprint density at radius 1 is 1.25 bits per heavy atom. The smallest absolute Gasteiger partial charge is 0.324 e. The van der Waals surface area contributed by atoms with E-state index in [9.17, 15) is 4.79 Å². The second kappa shape index (κ2) is 3.79. The lowest BCUT2D eigenvalue weighted by molar-refractivity contribution is 0.699. The van der Waals surface area contributed by atoms with Gasteiger partial charge in [-0.1, -0.05) is 13.0 Å². The molecule has 1 heterocycles. The lowest BCUT2D eigenvalue weighted by atomic mass is 10.1. The highest BCUT2D eigenvalue weighted by atomic mass is 16.1. The van der Waals surface area contributed by atoms with Gasteiger partial charge in [-0.15, -0.1) is 0 Å². The largest absolute Gasteiger partial charge is 0.328 e. The molecule has 0 fully saturated rings. The lowest BCUT2D eigenvalue weighted by Gasteiger charge is -2.09. The molecule has 2 N–H and O–H groups in total. The van der Waals surface area contributed by atoms with Crippen molar-refractivity contribution in [2.24, 2.45) is 19.8 Å². The molecule has 0 amide bonds. The molecular formula is C12H17N3O. The van der Waals surface area contributed by atoms with Crippen molar-refractivity contribution >= 4 is 11.0 Å². The fraction of sp³-hybridized carbons (Fsp3) is 0.417. The van der Waals surface area contributed by atoms with Crippen LogP contribution in [0.25, 0.3) is 11.0 Å². The van der Waals surface area contributed by atoms with Crippen LogP contribution in [0.15, 0.2) is 23.0 Å². The topological polar surface area (TPSA) is 52.9 Å². The van der Waals surface area contributed by atoms with E-state index in [1.165, 1.54) is 0 Å². The monoisotopic (exact) mass is 219 g/mol. The van der Waals surface area contributed by atoms with Gasteiger partial charge < -0.3 is 5.73 Å². The Hall–Kier alpha value is -1.55. The molecule has 2 aromatic rings. The number of rotatable bonds is 2. The van der Waals surface area contributed by atoms with Crippen LogP contribution in [0.4, 0.5) is 0 Å². The molecule has 86 valence electrons. The number of imidazole rings is 1. The van der Waals surface area contributed by atoms with Crippen LogP contribution in [0, 0.1) is 0 Å². The van der Waals surface area contributed by atoms with Crippen molar-refractivity contribution in [3.8, 4) is 0 Å². The number of hydrogen-bond donors (Lipinski definition) is 1. The maximum Gasteiger partial charge on any atom is 0.328 e. The van der Waals surface area contributed by atoms with Crippen LogP contribution in [0.5, 0.6) is 0 Å². The average Bonchev–Trinajstić information content (AvgIpc) is 2.53. The Labute approximate surface area is 94.3 Å². The Morgan fingerprint density at radius 3 is 2.50 bits per heavy atom. The molecule has 0 bridgehead atoms. The van der Waals surface area contributed by atoms with Gasteiger partial charge >= 0.3 is 5.69 Å². The zero-order valence-electron chi connectivity index (χ0n) is 9.90. The zero-order chi connectivity index (χ0) is 11.9. The predicted molar refractivity (Wildman–Crippen MR) is 65.4 cm³/mol. The fourth-order valence-corrected chi connectivity index (χ4v) is 1.99. The van der Waals surface area contributed by atoms with Crippen LogP contribution in [-0.2, 0) is 14.1 Å². The maximum atomic E-state index is 11.7. The third kappa shape index (κ3) is 1.46. The number of fused-ring (bicyclic) bond motifs is 1. The van der Waals surface area contributed by atoms with Gasteiger partial charge in [0.1, 0.15) is 0 Å². The van der Waals surface area contributed by atoms with Gasteiger partial charge in [0, 0.05) is 20.1 Å².